The van der Waals surface area contributed by atoms with E-state index in [0.717, 1.165) is 5.69 Å². The standard InChI is InChI=1S/C11H13N3O4/c1-2-5-18-11(17)14-4-3-8-7(6-12-13-8)9(14)10(15)16/h2,6,9H,1,3-5H2,(H,12,13)(H,15,16). The average molecular weight is 251 g/mol. The lowest BCUT2D eigenvalue weighted by Gasteiger charge is -2.31. The molecule has 2 N–H and O–H groups in total. The molecule has 0 radical (unpaired) electrons. The molecule has 0 aliphatic carbocycles. The van der Waals surface area contributed by atoms with Crippen LogP contribution < -0.4 is 0 Å². The van der Waals surface area contributed by atoms with Crippen molar-refractivity contribution in [3.05, 3.63) is 30.1 Å². The number of carbonyl (C=O) groups excluding carboxylic acids is 1. The summed E-state index contributed by atoms with van der Waals surface area (Å²) >= 11 is 0. The molecule has 0 spiro atoms. The van der Waals surface area contributed by atoms with Gasteiger partial charge in [0, 0.05) is 24.2 Å². The third kappa shape index (κ3) is 2.06. The molecule has 1 aliphatic rings. The smallest absolute Gasteiger partial charge is 0.411 e. The van der Waals surface area contributed by atoms with E-state index in [1.54, 1.807) is 0 Å². The zero-order valence-corrected chi connectivity index (χ0v) is 9.63. The molecular formula is C11H13N3O4. The van der Waals surface area contributed by atoms with Gasteiger partial charge in [-0.3, -0.25) is 10.00 Å². The first-order valence-electron chi connectivity index (χ1n) is 5.44. The second-order valence-corrected chi connectivity index (χ2v) is 3.85. The number of carboxylic acids is 1. The van der Waals surface area contributed by atoms with Crippen molar-refractivity contribution < 1.29 is 19.4 Å². The number of aromatic amines is 1. The van der Waals surface area contributed by atoms with E-state index >= 15 is 0 Å². The molecule has 0 saturated carbocycles. The van der Waals surface area contributed by atoms with Gasteiger partial charge < -0.3 is 9.84 Å². The van der Waals surface area contributed by atoms with Crippen LogP contribution in [0.4, 0.5) is 4.79 Å². The van der Waals surface area contributed by atoms with Crippen LogP contribution >= 0.6 is 0 Å². The molecule has 1 unspecified atom stereocenters. The Hall–Kier alpha value is -2.31. The van der Waals surface area contributed by atoms with E-state index in [-0.39, 0.29) is 13.2 Å². The summed E-state index contributed by atoms with van der Waals surface area (Å²) in [4.78, 5) is 24.2. The highest BCUT2D eigenvalue weighted by molar-refractivity contribution is 5.82. The molecule has 0 bridgehead atoms. The molecule has 0 aromatic carbocycles. The second-order valence-electron chi connectivity index (χ2n) is 3.85. The van der Waals surface area contributed by atoms with Crippen LogP contribution in [-0.4, -0.2) is 45.4 Å². The molecule has 2 heterocycles. The number of fused-ring (bicyclic) bond motifs is 1. The number of hydrogen-bond acceptors (Lipinski definition) is 4. The molecule has 2 rings (SSSR count). The monoisotopic (exact) mass is 251 g/mol. The van der Waals surface area contributed by atoms with Gasteiger partial charge in [-0.05, 0) is 0 Å². The first-order chi connectivity index (χ1) is 8.65. The Labute approximate surface area is 103 Å². The molecule has 0 fully saturated rings. The van der Waals surface area contributed by atoms with Crippen molar-refractivity contribution in [1.82, 2.24) is 15.1 Å². The number of carboxylic acid groups (broad SMARTS) is 1. The minimum atomic E-state index is -1.10. The number of aliphatic carboxylic acids is 1. The van der Waals surface area contributed by atoms with Crippen LogP contribution in [-0.2, 0) is 16.0 Å². The SMILES string of the molecule is C=CCOC(=O)N1CCc2[nH]ncc2C1C(=O)O. The van der Waals surface area contributed by atoms with Gasteiger partial charge >= 0.3 is 12.1 Å². The van der Waals surface area contributed by atoms with Gasteiger partial charge in [0.05, 0.1) is 6.20 Å². The zero-order valence-electron chi connectivity index (χ0n) is 9.63. The first-order valence-corrected chi connectivity index (χ1v) is 5.44. The molecule has 0 saturated heterocycles. The Morgan fingerprint density at radius 2 is 2.50 bits per heavy atom. The highest BCUT2D eigenvalue weighted by Gasteiger charge is 2.37. The quantitative estimate of drug-likeness (QED) is 0.771. The molecule has 1 aromatic rings. The highest BCUT2D eigenvalue weighted by Crippen LogP contribution is 2.29. The number of nitrogens with one attached hydrogen (secondary N) is 1. The molecule has 96 valence electrons. The van der Waals surface area contributed by atoms with Crippen molar-refractivity contribution in [2.45, 2.75) is 12.5 Å². The lowest BCUT2D eigenvalue weighted by molar-refractivity contribution is -0.143. The van der Waals surface area contributed by atoms with Crippen LogP contribution in [0.2, 0.25) is 0 Å². The summed E-state index contributed by atoms with van der Waals surface area (Å²) in [5.41, 5.74) is 1.25. The maximum Gasteiger partial charge on any atom is 0.411 e. The molecule has 1 aliphatic heterocycles. The van der Waals surface area contributed by atoms with Crippen LogP contribution in [0.5, 0.6) is 0 Å². The van der Waals surface area contributed by atoms with Gasteiger partial charge in [0.15, 0.2) is 6.04 Å². The number of hydrogen-bond donors (Lipinski definition) is 2. The number of nitrogens with zero attached hydrogens (tertiary/aromatic N) is 2. The van der Waals surface area contributed by atoms with Crippen molar-refractivity contribution in [2.24, 2.45) is 0 Å². The lowest BCUT2D eigenvalue weighted by atomic mass is 10.00. The fraction of sp³-hybridized carbons (Fsp3) is 0.364. The highest BCUT2D eigenvalue weighted by atomic mass is 16.6. The third-order valence-electron chi connectivity index (χ3n) is 2.75. The van der Waals surface area contributed by atoms with Crippen LogP contribution in [0.3, 0.4) is 0 Å². The molecule has 7 heteroatoms. The van der Waals surface area contributed by atoms with E-state index in [9.17, 15) is 14.7 Å². The maximum atomic E-state index is 11.8. The van der Waals surface area contributed by atoms with E-state index in [1.165, 1.54) is 17.2 Å². The predicted octanol–water partition coefficient (Wildman–Crippen LogP) is 0.716. The summed E-state index contributed by atoms with van der Waals surface area (Å²) in [5, 5.41) is 15.8. The number of carbonyl (C=O) groups is 2. The second kappa shape index (κ2) is 4.91. The summed E-state index contributed by atoms with van der Waals surface area (Å²) in [6.07, 6.45) is 2.73. The Kier molecular flexibility index (Phi) is 3.31. The average Bonchev–Trinajstić information content (AvgIpc) is 2.82. The van der Waals surface area contributed by atoms with E-state index in [0.29, 0.717) is 12.0 Å². The van der Waals surface area contributed by atoms with E-state index < -0.39 is 18.1 Å². The van der Waals surface area contributed by atoms with Crippen LogP contribution in [0, 0.1) is 0 Å². The summed E-state index contributed by atoms with van der Waals surface area (Å²) in [5.74, 6) is -1.10. The predicted molar refractivity (Wildman–Crippen MR) is 60.9 cm³/mol. The van der Waals surface area contributed by atoms with Gasteiger partial charge in [-0.1, -0.05) is 12.7 Å². The Morgan fingerprint density at radius 3 is 3.17 bits per heavy atom. The van der Waals surface area contributed by atoms with Crippen molar-refractivity contribution in [3.63, 3.8) is 0 Å². The van der Waals surface area contributed by atoms with Gasteiger partial charge in [-0.25, -0.2) is 9.59 Å². The molecule has 7 nitrogen and oxygen atoms in total. The number of ether oxygens (including phenoxy) is 1. The summed E-state index contributed by atoms with van der Waals surface area (Å²) in [7, 11) is 0. The number of aromatic nitrogens is 2. The Bertz CT molecular complexity index is 482. The van der Waals surface area contributed by atoms with Crippen molar-refractivity contribution in [1.29, 1.82) is 0 Å². The largest absolute Gasteiger partial charge is 0.479 e. The summed E-state index contributed by atoms with van der Waals surface area (Å²) in [6.45, 7) is 3.77. The van der Waals surface area contributed by atoms with Crippen molar-refractivity contribution >= 4 is 12.1 Å². The van der Waals surface area contributed by atoms with Gasteiger partial charge in [-0.15, -0.1) is 0 Å². The van der Waals surface area contributed by atoms with Gasteiger partial charge in [0.2, 0.25) is 0 Å². The van der Waals surface area contributed by atoms with Gasteiger partial charge in [0.1, 0.15) is 6.61 Å². The van der Waals surface area contributed by atoms with Crippen molar-refractivity contribution in [2.75, 3.05) is 13.2 Å². The minimum Gasteiger partial charge on any atom is -0.479 e. The summed E-state index contributed by atoms with van der Waals surface area (Å²) < 4.78 is 4.88. The molecule has 18 heavy (non-hydrogen) atoms. The molecular weight excluding hydrogens is 238 g/mol. The first kappa shape index (κ1) is 12.2. The number of rotatable bonds is 3. The summed E-state index contributed by atoms with van der Waals surface area (Å²) in [6, 6.07) is -1.05. The Balaban J connectivity index is 2.24. The maximum absolute atomic E-state index is 11.8. The fourth-order valence-corrected chi connectivity index (χ4v) is 1.96. The zero-order chi connectivity index (χ0) is 13.1. The lowest BCUT2D eigenvalue weighted by Crippen LogP contribution is -2.43. The normalized spacial score (nSPS) is 18.0. The topological polar surface area (TPSA) is 95.5 Å². The van der Waals surface area contributed by atoms with Crippen LogP contribution in [0.1, 0.15) is 17.3 Å². The molecule has 1 atom stereocenters. The molecule has 1 aromatic heterocycles. The van der Waals surface area contributed by atoms with Crippen LogP contribution in [0.15, 0.2) is 18.9 Å². The van der Waals surface area contributed by atoms with E-state index in [4.69, 9.17) is 4.74 Å². The van der Waals surface area contributed by atoms with Crippen LogP contribution in [0.25, 0.3) is 0 Å². The third-order valence-corrected chi connectivity index (χ3v) is 2.75. The Morgan fingerprint density at radius 1 is 1.72 bits per heavy atom. The van der Waals surface area contributed by atoms with Gasteiger partial charge in [0.25, 0.3) is 0 Å². The minimum absolute atomic E-state index is 0.0555. The number of H-pyrrole nitrogens is 1. The number of amides is 1. The van der Waals surface area contributed by atoms with Gasteiger partial charge in [-0.2, -0.15) is 5.10 Å². The fourth-order valence-electron chi connectivity index (χ4n) is 1.96. The van der Waals surface area contributed by atoms with E-state index in [2.05, 4.69) is 16.8 Å². The van der Waals surface area contributed by atoms with E-state index in [1.807, 2.05) is 0 Å². The molecule has 1 amide bonds. The van der Waals surface area contributed by atoms with Crippen molar-refractivity contribution in [3.8, 4) is 0 Å².